The third-order valence-corrected chi connectivity index (χ3v) is 4.98. The van der Waals surface area contributed by atoms with Crippen LogP contribution in [-0.2, 0) is 24.4 Å². The van der Waals surface area contributed by atoms with E-state index in [0.29, 0.717) is 39.3 Å². The van der Waals surface area contributed by atoms with Crippen molar-refractivity contribution >= 4 is 23.2 Å². The van der Waals surface area contributed by atoms with Gasteiger partial charge in [0.25, 0.3) is 5.56 Å². The van der Waals surface area contributed by atoms with Gasteiger partial charge in [-0.15, -0.1) is 0 Å². The monoisotopic (exact) mass is 457 g/mol. The van der Waals surface area contributed by atoms with Crippen LogP contribution in [0.4, 0.5) is 5.69 Å². The smallest absolute Gasteiger partial charge is 0.257 e. The van der Waals surface area contributed by atoms with Gasteiger partial charge in [-0.1, -0.05) is 17.7 Å². The molecule has 1 aromatic heterocycles. The van der Waals surface area contributed by atoms with Gasteiger partial charge >= 0.3 is 0 Å². The fourth-order valence-corrected chi connectivity index (χ4v) is 3.35. The number of amides is 1. The van der Waals surface area contributed by atoms with E-state index >= 15 is 0 Å². The first-order chi connectivity index (χ1) is 15.4. The van der Waals surface area contributed by atoms with Crippen LogP contribution in [0.3, 0.4) is 0 Å². The molecule has 168 valence electrons. The third-order valence-electron chi connectivity index (χ3n) is 4.75. The number of carbonyl (C=O) groups excluding carboxylic acids is 1. The van der Waals surface area contributed by atoms with Crippen molar-refractivity contribution < 1.29 is 19.4 Å². The standard InChI is InChI=1S/C23H24ClN3O5/c1-15-20(10-11-28)23(30)27(13-22(29)26-17-5-3-4-16(24)12-17)21(25-15)14-32-19-8-6-18(31-2)7-9-19/h3-9,12,28H,10-11,13-14H2,1-2H3,(H,26,29). The summed E-state index contributed by atoms with van der Waals surface area (Å²) in [4.78, 5) is 30.2. The van der Waals surface area contributed by atoms with Crippen molar-refractivity contribution in [1.29, 1.82) is 0 Å². The molecule has 2 N–H and O–H groups in total. The lowest BCUT2D eigenvalue weighted by Gasteiger charge is -2.16. The molecule has 0 saturated heterocycles. The van der Waals surface area contributed by atoms with Crippen molar-refractivity contribution in [2.45, 2.75) is 26.5 Å². The Morgan fingerprint density at radius 1 is 1.19 bits per heavy atom. The molecular weight excluding hydrogens is 434 g/mol. The molecule has 0 bridgehead atoms. The van der Waals surface area contributed by atoms with E-state index < -0.39 is 5.91 Å². The molecule has 9 heteroatoms. The van der Waals surface area contributed by atoms with E-state index in [1.54, 1.807) is 62.6 Å². The Labute approximate surface area is 190 Å². The quantitative estimate of drug-likeness (QED) is 0.512. The molecule has 0 spiro atoms. The number of hydrogen-bond acceptors (Lipinski definition) is 6. The second-order valence-electron chi connectivity index (χ2n) is 6.98. The zero-order valence-electron chi connectivity index (χ0n) is 17.8. The summed E-state index contributed by atoms with van der Waals surface area (Å²) >= 11 is 5.97. The summed E-state index contributed by atoms with van der Waals surface area (Å²) in [5.74, 6) is 1.13. The maximum Gasteiger partial charge on any atom is 0.257 e. The van der Waals surface area contributed by atoms with E-state index in [0.717, 1.165) is 0 Å². The molecule has 0 aliphatic heterocycles. The summed E-state index contributed by atoms with van der Waals surface area (Å²) in [5, 5.41) is 12.5. The molecule has 0 aliphatic rings. The van der Waals surface area contributed by atoms with Crippen molar-refractivity contribution in [2.75, 3.05) is 19.0 Å². The number of aliphatic hydroxyl groups excluding tert-OH is 1. The normalized spacial score (nSPS) is 10.6. The largest absolute Gasteiger partial charge is 0.497 e. The number of aryl methyl sites for hydroxylation is 1. The number of nitrogens with one attached hydrogen (secondary N) is 1. The number of aromatic nitrogens is 2. The fourth-order valence-electron chi connectivity index (χ4n) is 3.16. The van der Waals surface area contributed by atoms with Crippen molar-refractivity contribution in [3.05, 3.63) is 81.0 Å². The highest BCUT2D eigenvalue weighted by atomic mass is 35.5. The average molecular weight is 458 g/mol. The van der Waals surface area contributed by atoms with E-state index in [1.165, 1.54) is 4.57 Å². The second kappa shape index (κ2) is 10.8. The first-order valence-electron chi connectivity index (χ1n) is 9.93. The van der Waals surface area contributed by atoms with E-state index in [1.807, 2.05) is 0 Å². The lowest BCUT2D eigenvalue weighted by molar-refractivity contribution is -0.116. The molecule has 0 unspecified atom stereocenters. The van der Waals surface area contributed by atoms with Crippen LogP contribution in [0.5, 0.6) is 11.5 Å². The second-order valence-corrected chi connectivity index (χ2v) is 7.42. The van der Waals surface area contributed by atoms with Crippen molar-refractivity contribution in [1.82, 2.24) is 9.55 Å². The molecule has 1 heterocycles. The first-order valence-corrected chi connectivity index (χ1v) is 10.3. The maximum atomic E-state index is 13.1. The Hall–Kier alpha value is -3.36. The molecule has 0 aliphatic carbocycles. The van der Waals surface area contributed by atoms with Crippen LogP contribution in [0.25, 0.3) is 0 Å². The summed E-state index contributed by atoms with van der Waals surface area (Å²) < 4.78 is 12.2. The molecular formula is C23H24ClN3O5. The van der Waals surface area contributed by atoms with Crippen LogP contribution >= 0.6 is 11.6 Å². The topological polar surface area (TPSA) is 103 Å². The lowest BCUT2D eigenvalue weighted by atomic mass is 10.1. The van der Waals surface area contributed by atoms with Gasteiger partial charge < -0.3 is 19.9 Å². The first kappa shape index (κ1) is 23.3. The SMILES string of the molecule is COc1ccc(OCc2nc(C)c(CCO)c(=O)n2CC(=O)Nc2cccc(Cl)c2)cc1. The van der Waals surface area contributed by atoms with Crippen LogP contribution in [0, 0.1) is 6.92 Å². The number of benzene rings is 2. The lowest BCUT2D eigenvalue weighted by Crippen LogP contribution is -2.34. The number of methoxy groups -OCH3 is 1. The van der Waals surface area contributed by atoms with Crippen molar-refractivity contribution in [3.63, 3.8) is 0 Å². The van der Waals surface area contributed by atoms with Crippen molar-refractivity contribution in [2.24, 2.45) is 0 Å². The fraction of sp³-hybridized carbons (Fsp3) is 0.261. The number of rotatable bonds is 9. The Balaban J connectivity index is 1.86. The van der Waals surface area contributed by atoms with E-state index in [9.17, 15) is 14.7 Å². The van der Waals surface area contributed by atoms with Gasteiger partial charge in [0.2, 0.25) is 5.91 Å². The minimum Gasteiger partial charge on any atom is -0.497 e. The zero-order valence-corrected chi connectivity index (χ0v) is 18.6. The molecule has 0 fully saturated rings. The summed E-state index contributed by atoms with van der Waals surface area (Å²) in [6, 6.07) is 13.7. The number of carbonyl (C=O) groups is 1. The summed E-state index contributed by atoms with van der Waals surface area (Å²) in [7, 11) is 1.57. The third kappa shape index (κ3) is 5.87. The number of ether oxygens (including phenoxy) is 2. The molecule has 3 aromatic rings. The molecule has 3 rings (SSSR count). The summed E-state index contributed by atoms with van der Waals surface area (Å²) in [6.07, 6.45) is 0.146. The average Bonchev–Trinajstić information content (AvgIpc) is 2.77. The van der Waals surface area contributed by atoms with Crippen LogP contribution in [-0.4, -0.2) is 34.3 Å². The Kier molecular flexibility index (Phi) is 7.86. The maximum absolute atomic E-state index is 13.1. The molecule has 2 aromatic carbocycles. The van der Waals surface area contributed by atoms with Gasteiger partial charge in [0.1, 0.15) is 30.5 Å². The Morgan fingerprint density at radius 3 is 2.56 bits per heavy atom. The number of hydrogen-bond donors (Lipinski definition) is 2. The van der Waals surface area contributed by atoms with Crippen LogP contribution in [0.15, 0.2) is 53.3 Å². The highest BCUT2D eigenvalue weighted by Gasteiger charge is 2.17. The molecule has 1 amide bonds. The van der Waals surface area contributed by atoms with Crippen LogP contribution in [0.1, 0.15) is 17.1 Å². The Morgan fingerprint density at radius 2 is 1.91 bits per heavy atom. The van der Waals surface area contributed by atoms with Gasteiger partial charge in [0, 0.05) is 35.0 Å². The summed E-state index contributed by atoms with van der Waals surface area (Å²) in [6.45, 7) is 1.21. The Bertz CT molecular complexity index is 1150. The van der Waals surface area contributed by atoms with Gasteiger partial charge in [-0.3, -0.25) is 14.2 Å². The molecule has 32 heavy (non-hydrogen) atoms. The van der Waals surface area contributed by atoms with Gasteiger partial charge in [-0.05, 0) is 49.4 Å². The molecule has 0 atom stereocenters. The summed E-state index contributed by atoms with van der Waals surface area (Å²) in [5.41, 5.74) is 0.975. The van der Waals surface area contributed by atoms with Gasteiger partial charge in [-0.2, -0.15) is 0 Å². The minimum absolute atomic E-state index is 0.0216. The molecule has 0 radical (unpaired) electrons. The van der Waals surface area contributed by atoms with E-state index in [2.05, 4.69) is 10.3 Å². The predicted octanol–water partition coefficient (Wildman–Crippen LogP) is 2.97. The molecule has 0 saturated carbocycles. The minimum atomic E-state index is -0.416. The number of halogens is 1. The highest BCUT2D eigenvalue weighted by molar-refractivity contribution is 6.30. The van der Waals surface area contributed by atoms with E-state index in [-0.39, 0.29) is 31.7 Å². The van der Waals surface area contributed by atoms with Gasteiger partial charge in [-0.25, -0.2) is 4.98 Å². The number of anilines is 1. The number of aliphatic hydroxyl groups is 1. The van der Waals surface area contributed by atoms with Crippen molar-refractivity contribution in [3.8, 4) is 11.5 Å². The highest BCUT2D eigenvalue weighted by Crippen LogP contribution is 2.18. The van der Waals surface area contributed by atoms with E-state index in [4.69, 9.17) is 21.1 Å². The zero-order chi connectivity index (χ0) is 23.1. The molecule has 8 nitrogen and oxygen atoms in total. The van der Waals surface area contributed by atoms with Crippen LogP contribution < -0.4 is 20.3 Å². The predicted molar refractivity (Wildman–Crippen MR) is 121 cm³/mol. The van der Waals surface area contributed by atoms with Crippen LogP contribution in [0.2, 0.25) is 5.02 Å². The van der Waals surface area contributed by atoms with Gasteiger partial charge in [0.15, 0.2) is 0 Å². The van der Waals surface area contributed by atoms with Gasteiger partial charge in [0.05, 0.1) is 7.11 Å². The number of nitrogens with zero attached hydrogens (tertiary/aromatic N) is 2.